The summed E-state index contributed by atoms with van der Waals surface area (Å²) in [5, 5.41) is 4.48. The van der Waals surface area contributed by atoms with E-state index in [1.807, 2.05) is 12.1 Å². The lowest BCUT2D eigenvalue weighted by Crippen LogP contribution is -2.26. The first kappa shape index (κ1) is 11.1. The Balaban J connectivity index is 2.40. The highest BCUT2D eigenvalue weighted by Crippen LogP contribution is 2.41. The molecule has 0 aromatic heterocycles. The second-order valence-electron chi connectivity index (χ2n) is 3.53. The van der Waals surface area contributed by atoms with Gasteiger partial charge in [0, 0.05) is 18.0 Å². The van der Waals surface area contributed by atoms with Gasteiger partial charge in [-0.05, 0) is 12.6 Å². The van der Waals surface area contributed by atoms with Crippen molar-refractivity contribution in [3.63, 3.8) is 0 Å². The maximum atomic E-state index is 6.09. The minimum Gasteiger partial charge on any atom is -0.492 e. The molecule has 82 valence electrons. The van der Waals surface area contributed by atoms with Crippen molar-refractivity contribution in [1.29, 1.82) is 0 Å². The monoisotopic (exact) mass is 245 g/mol. The zero-order valence-electron chi connectivity index (χ0n) is 8.52. The molecule has 4 heteroatoms. The van der Waals surface area contributed by atoms with Gasteiger partial charge in [-0.2, -0.15) is 0 Å². The number of rotatable bonds is 2. The van der Waals surface area contributed by atoms with Gasteiger partial charge in [0.2, 0.25) is 0 Å². The molecule has 1 unspecified atom stereocenters. The molecule has 0 spiro atoms. The number of ether oxygens (including phenoxy) is 1. The molecule has 0 aliphatic carbocycles. The molecular formula is C11H13Cl2NO. The van der Waals surface area contributed by atoms with Gasteiger partial charge in [0.05, 0.1) is 11.6 Å². The topological polar surface area (TPSA) is 21.3 Å². The summed E-state index contributed by atoms with van der Waals surface area (Å²) >= 11 is 12.0. The predicted octanol–water partition coefficient (Wildman–Crippen LogP) is 3.43. The fourth-order valence-corrected chi connectivity index (χ4v) is 2.24. The zero-order valence-corrected chi connectivity index (χ0v) is 10.0. The predicted molar refractivity (Wildman–Crippen MR) is 63.0 cm³/mol. The summed E-state index contributed by atoms with van der Waals surface area (Å²) in [6, 6.07) is 4.13. The molecule has 0 saturated carbocycles. The highest BCUT2D eigenvalue weighted by molar-refractivity contribution is 6.43. The molecule has 1 aliphatic heterocycles. The van der Waals surface area contributed by atoms with Crippen LogP contribution in [0.25, 0.3) is 0 Å². The van der Waals surface area contributed by atoms with Gasteiger partial charge in [0.15, 0.2) is 0 Å². The first-order chi connectivity index (χ1) is 7.24. The Hall–Kier alpha value is -0.440. The van der Waals surface area contributed by atoms with E-state index in [0.29, 0.717) is 22.7 Å². The summed E-state index contributed by atoms with van der Waals surface area (Å²) in [5.74, 6) is 0.737. The molecule has 15 heavy (non-hydrogen) atoms. The summed E-state index contributed by atoms with van der Waals surface area (Å²) in [4.78, 5) is 0. The average Bonchev–Trinajstić information content (AvgIpc) is 2.25. The lowest BCUT2D eigenvalue weighted by atomic mass is 10.0. The van der Waals surface area contributed by atoms with E-state index < -0.39 is 0 Å². The van der Waals surface area contributed by atoms with Crippen LogP contribution in [0.15, 0.2) is 12.1 Å². The van der Waals surface area contributed by atoms with Crippen molar-refractivity contribution < 1.29 is 4.74 Å². The fourth-order valence-electron chi connectivity index (χ4n) is 1.86. The number of benzene rings is 1. The first-order valence-corrected chi connectivity index (χ1v) is 5.83. The smallest absolute Gasteiger partial charge is 0.144 e. The summed E-state index contributed by atoms with van der Waals surface area (Å²) in [7, 11) is 0. The minimum absolute atomic E-state index is 0.327. The zero-order chi connectivity index (χ0) is 10.8. The largest absolute Gasteiger partial charge is 0.492 e. The van der Waals surface area contributed by atoms with Crippen molar-refractivity contribution in [1.82, 2.24) is 5.32 Å². The van der Waals surface area contributed by atoms with E-state index in [1.54, 1.807) is 0 Å². The standard InChI is InChI=1S/C11H13Cl2NO/c1-2-14-9-5-6-15-11-7(9)3-4-8(12)10(11)13/h3-4,9,14H,2,5-6H2,1H3. The quantitative estimate of drug-likeness (QED) is 0.863. The van der Waals surface area contributed by atoms with Crippen LogP contribution in [-0.2, 0) is 0 Å². The minimum atomic E-state index is 0.327. The third kappa shape index (κ3) is 2.07. The Morgan fingerprint density at radius 3 is 3.00 bits per heavy atom. The van der Waals surface area contributed by atoms with Gasteiger partial charge >= 0.3 is 0 Å². The van der Waals surface area contributed by atoms with Gasteiger partial charge in [-0.25, -0.2) is 0 Å². The van der Waals surface area contributed by atoms with Crippen molar-refractivity contribution in [3.8, 4) is 5.75 Å². The molecule has 2 nitrogen and oxygen atoms in total. The average molecular weight is 246 g/mol. The van der Waals surface area contributed by atoms with Crippen LogP contribution >= 0.6 is 23.2 Å². The third-order valence-electron chi connectivity index (χ3n) is 2.56. The number of nitrogens with one attached hydrogen (secondary N) is 1. The van der Waals surface area contributed by atoms with Gasteiger partial charge in [0.25, 0.3) is 0 Å². The van der Waals surface area contributed by atoms with E-state index in [0.717, 1.165) is 24.3 Å². The molecule has 0 bridgehead atoms. The van der Waals surface area contributed by atoms with E-state index in [4.69, 9.17) is 27.9 Å². The Kier molecular flexibility index (Phi) is 3.39. The van der Waals surface area contributed by atoms with Crippen molar-refractivity contribution in [2.24, 2.45) is 0 Å². The maximum absolute atomic E-state index is 6.09. The Morgan fingerprint density at radius 1 is 1.47 bits per heavy atom. The first-order valence-electron chi connectivity index (χ1n) is 5.08. The molecule has 1 aromatic carbocycles. The van der Waals surface area contributed by atoms with E-state index in [-0.39, 0.29) is 0 Å². The number of halogens is 2. The molecule has 1 aliphatic rings. The second-order valence-corrected chi connectivity index (χ2v) is 4.31. The SMILES string of the molecule is CCNC1CCOc2c1ccc(Cl)c2Cl. The number of hydrogen-bond donors (Lipinski definition) is 1. The van der Waals surface area contributed by atoms with Gasteiger partial charge in [-0.3, -0.25) is 0 Å². The van der Waals surface area contributed by atoms with E-state index in [1.165, 1.54) is 0 Å². The lowest BCUT2D eigenvalue weighted by molar-refractivity contribution is 0.254. The Labute approximate surface area is 99.5 Å². The maximum Gasteiger partial charge on any atom is 0.144 e. The molecule has 0 saturated heterocycles. The van der Waals surface area contributed by atoms with Gasteiger partial charge in [0.1, 0.15) is 10.8 Å². The molecule has 1 aromatic rings. The summed E-state index contributed by atoms with van der Waals surface area (Å²) in [6.07, 6.45) is 0.971. The number of fused-ring (bicyclic) bond motifs is 1. The summed E-state index contributed by atoms with van der Waals surface area (Å²) < 4.78 is 5.56. The molecule has 1 atom stereocenters. The normalized spacial score (nSPS) is 19.5. The van der Waals surface area contributed by atoms with Crippen molar-refractivity contribution in [3.05, 3.63) is 27.7 Å². The lowest BCUT2D eigenvalue weighted by Gasteiger charge is -2.27. The molecule has 1 heterocycles. The fraction of sp³-hybridized carbons (Fsp3) is 0.455. The van der Waals surface area contributed by atoms with Gasteiger partial charge < -0.3 is 10.1 Å². The van der Waals surface area contributed by atoms with Crippen molar-refractivity contribution >= 4 is 23.2 Å². The third-order valence-corrected chi connectivity index (χ3v) is 3.35. The number of hydrogen-bond acceptors (Lipinski definition) is 2. The Morgan fingerprint density at radius 2 is 2.27 bits per heavy atom. The highest BCUT2D eigenvalue weighted by Gasteiger charge is 2.23. The van der Waals surface area contributed by atoms with Crippen molar-refractivity contribution in [2.75, 3.05) is 13.2 Å². The molecule has 1 N–H and O–H groups in total. The summed E-state index contributed by atoms with van der Waals surface area (Å²) in [6.45, 7) is 3.71. The second kappa shape index (κ2) is 4.60. The van der Waals surface area contributed by atoms with Gasteiger partial charge in [-0.1, -0.05) is 36.2 Å². The van der Waals surface area contributed by atoms with E-state index >= 15 is 0 Å². The molecule has 2 rings (SSSR count). The molecule has 0 radical (unpaired) electrons. The van der Waals surface area contributed by atoms with Crippen LogP contribution < -0.4 is 10.1 Å². The molecule has 0 amide bonds. The van der Waals surface area contributed by atoms with E-state index in [2.05, 4.69) is 12.2 Å². The molecule has 0 fully saturated rings. The van der Waals surface area contributed by atoms with Gasteiger partial charge in [-0.15, -0.1) is 0 Å². The van der Waals surface area contributed by atoms with E-state index in [9.17, 15) is 0 Å². The van der Waals surface area contributed by atoms with Crippen LogP contribution in [0.2, 0.25) is 10.0 Å². The van der Waals surface area contributed by atoms with Crippen LogP contribution in [0, 0.1) is 0 Å². The van der Waals surface area contributed by atoms with Crippen LogP contribution in [0.1, 0.15) is 24.9 Å². The highest BCUT2D eigenvalue weighted by atomic mass is 35.5. The molecular weight excluding hydrogens is 233 g/mol. The summed E-state index contributed by atoms with van der Waals surface area (Å²) in [5.41, 5.74) is 1.11. The van der Waals surface area contributed by atoms with Crippen LogP contribution in [0.3, 0.4) is 0 Å². The van der Waals surface area contributed by atoms with Crippen LogP contribution in [0.4, 0.5) is 0 Å². The van der Waals surface area contributed by atoms with Crippen LogP contribution in [-0.4, -0.2) is 13.2 Å². The van der Waals surface area contributed by atoms with Crippen molar-refractivity contribution in [2.45, 2.75) is 19.4 Å². The Bertz CT molecular complexity index is 368. The van der Waals surface area contributed by atoms with Crippen LogP contribution in [0.5, 0.6) is 5.75 Å².